The topological polar surface area (TPSA) is 18.5 Å². The Kier molecular flexibility index (Phi) is 5.48. The van der Waals surface area contributed by atoms with Crippen molar-refractivity contribution in [2.24, 2.45) is 5.92 Å². The van der Waals surface area contributed by atoms with Crippen LogP contribution in [0.4, 0.5) is 0 Å². The lowest BCUT2D eigenvalue weighted by Crippen LogP contribution is -2.45. The fourth-order valence-corrected chi connectivity index (χ4v) is 4.71. The lowest BCUT2D eigenvalue weighted by Gasteiger charge is -2.46. The van der Waals surface area contributed by atoms with Crippen molar-refractivity contribution >= 4 is 23.0 Å². The maximum Gasteiger partial charge on any atom is 0.192 e. The van der Waals surface area contributed by atoms with Crippen molar-refractivity contribution in [3.8, 4) is 11.5 Å². The van der Waals surface area contributed by atoms with Gasteiger partial charge in [-0.05, 0) is 64.2 Å². The minimum absolute atomic E-state index is 0.126. The lowest BCUT2D eigenvalue weighted by molar-refractivity contribution is 0.0112. The van der Waals surface area contributed by atoms with Gasteiger partial charge in [0, 0.05) is 17.4 Å². The van der Waals surface area contributed by atoms with Crippen molar-refractivity contribution in [1.82, 2.24) is 0 Å². The van der Waals surface area contributed by atoms with Gasteiger partial charge in [0.25, 0.3) is 0 Å². The Morgan fingerprint density at radius 2 is 2.08 bits per heavy atom. The quantitative estimate of drug-likeness (QED) is 0.286. The molecule has 1 heterocycles. The van der Waals surface area contributed by atoms with Crippen LogP contribution in [0.5, 0.6) is 11.5 Å². The fourth-order valence-electron chi connectivity index (χ4n) is 4.35. The summed E-state index contributed by atoms with van der Waals surface area (Å²) in [4.78, 5) is 0. The minimum atomic E-state index is -0.126. The van der Waals surface area contributed by atoms with Gasteiger partial charge >= 0.3 is 0 Å². The molecule has 0 aromatic heterocycles. The third kappa shape index (κ3) is 3.47. The first-order valence-electron chi connectivity index (χ1n) is 9.28. The van der Waals surface area contributed by atoms with E-state index in [4.69, 9.17) is 7.80 Å². The Morgan fingerprint density at radius 1 is 1.29 bits per heavy atom. The van der Waals surface area contributed by atoms with Crippen molar-refractivity contribution in [2.45, 2.75) is 77.7 Å². The molecule has 3 rings (SSSR count). The van der Waals surface area contributed by atoms with Crippen LogP contribution >= 0.6 is 23.0 Å². The van der Waals surface area contributed by atoms with Gasteiger partial charge in [0.05, 0.1) is 0 Å². The van der Waals surface area contributed by atoms with Crippen molar-refractivity contribution in [3.63, 3.8) is 0 Å². The predicted molar refractivity (Wildman–Crippen MR) is 108 cm³/mol. The summed E-state index contributed by atoms with van der Waals surface area (Å²) in [5, 5.41) is 0. The molecule has 0 spiro atoms. The zero-order valence-corrected chi connectivity index (χ0v) is 17.5. The highest BCUT2D eigenvalue weighted by atomic mass is 127. The van der Waals surface area contributed by atoms with E-state index in [2.05, 4.69) is 45.9 Å². The largest absolute Gasteiger partial charge is 0.487 e. The van der Waals surface area contributed by atoms with Crippen LogP contribution in [-0.4, -0.2) is 5.60 Å². The van der Waals surface area contributed by atoms with Crippen molar-refractivity contribution in [2.75, 3.05) is 0 Å². The molecule has 0 saturated carbocycles. The summed E-state index contributed by atoms with van der Waals surface area (Å²) < 4.78 is 12.3. The second-order valence-electron chi connectivity index (χ2n) is 7.93. The minimum Gasteiger partial charge on any atom is -0.487 e. The molecule has 3 heteroatoms. The van der Waals surface area contributed by atoms with Crippen LogP contribution in [0.2, 0.25) is 0 Å². The molecular formula is C21H29IO2. The van der Waals surface area contributed by atoms with Crippen LogP contribution in [0.25, 0.3) is 0 Å². The molecule has 24 heavy (non-hydrogen) atoms. The van der Waals surface area contributed by atoms with Gasteiger partial charge in [0.15, 0.2) is 23.0 Å². The number of aryl methyl sites for hydroxylation is 1. The number of halogens is 1. The number of benzene rings is 1. The van der Waals surface area contributed by atoms with E-state index in [0.717, 1.165) is 17.9 Å². The molecule has 0 N–H and O–H groups in total. The molecule has 0 amide bonds. The smallest absolute Gasteiger partial charge is 0.192 e. The monoisotopic (exact) mass is 440 g/mol. The number of hydrogen-bond acceptors (Lipinski definition) is 2. The van der Waals surface area contributed by atoms with Crippen LogP contribution in [0.3, 0.4) is 0 Å². The van der Waals surface area contributed by atoms with Gasteiger partial charge in [-0.3, -0.25) is 0 Å². The van der Waals surface area contributed by atoms with Gasteiger partial charge in [-0.1, -0.05) is 31.4 Å². The predicted octanol–water partition coefficient (Wildman–Crippen LogP) is 6.76. The third-order valence-corrected chi connectivity index (χ3v) is 6.14. The molecule has 1 aliphatic carbocycles. The van der Waals surface area contributed by atoms with Gasteiger partial charge in [-0.15, -0.1) is 0 Å². The first-order valence-corrected chi connectivity index (χ1v) is 10.2. The Balaban J connectivity index is 2.03. The van der Waals surface area contributed by atoms with Gasteiger partial charge < -0.3 is 7.80 Å². The SMILES string of the molecule is CCCCCc1cc(OI)c2c(c1)OC(C)(C)C1CCC(C)=CC21. The van der Waals surface area contributed by atoms with Gasteiger partial charge in [-0.25, -0.2) is 0 Å². The van der Waals surface area contributed by atoms with E-state index in [9.17, 15) is 0 Å². The molecule has 2 nitrogen and oxygen atoms in total. The molecule has 0 saturated heterocycles. The summed E-state index contributed by atoms with van der Waals surface area (Å²) in [7, 11) is 0. The molecule has 1 aromatic rings. The lowest BCUT2D eigenvalue weighted by atomic mass is 9.68. The first kappa shape index (κ1) is 18.1. The fraction of sp³-hybridized carbons (Fsp3) is 0.619. The normalized spacial score (nSPS) is 24.5. The van der Waals surface area contributed by atoms with Crippen molar-refractivity contribution in [1.29, 1.82) is 0 Å². The van der Waals surface area contributed by atoms with Crippen molar-refractivity contribution < 1.29 is 7.80 Å². The number of unbranched alkanes of at least 4 members (excludes halogenated alkanes) is 2. The highest BCUT2D eigenvalue weighted by Gasteiger charge is 2.45. The second-order valence-corrected chi connectivity index (χ2v) is 8.37. The van der Waals surface area contributed by atoms with Crippen LogP contribution in [0, 0.1) is 5.92 Å². The number of rotatable bonds is 5. The van der Waals surface area contributed by atoms with Gasteiger partial charge in [-0.2, -0.15) is 0 Å². The molecule has 1 aromatic carbocycles. The average Bonchev–Trinajstić information content (AvgIpc) is 2.53. The molecule has 132 valence electrons. The number of ether oxygens (including phenoxy) is 1. The molecule has 2 atom stereocenters. The number of fused-ring (bicyclic) bond motifs is 3. The molecule has 0 bridgehead atoms. The van der Waals surface area contributed by atoms with Crippen LogP contribution < -0.4 is 7.80 Å². The maximum absolute atomic E-state index is 6.50. The highest BCUT2D eigenvalue weighted by Crippen LogP contribution is 2.53. The molecule has 0 fully saturated rings. The molecule has 2 unspecified atom stereocenters. The van der Waals surface area contributed by atoms with Gasteiger partial charge in [0.2, 0.25) is 0 Å². The standard InChI is InChI=1S/C21H29IO2/c1-5-6-7-8-15-12-18-20(19(13-15)24-22)16-11-14(2)9-10-17(16)21(3,4)23-18/h11-13,16-17H,5-10H2,1-4H3. The third-order valence-electron chi connectivity index (χ3n) is 5.66. The van der Waals surface area contributed by atoms with E-state index in [0.29, 0.717) is 11.8 Å². The Hall–Kier alpha value is -0.710. The van der Waals surface area contributed by atoms with Crippen LogP contribution in [0.1, 0.15) is 76.8 Å². The van der Waals surface area contributed by atoms with Crippen molar-refractivity contribution in [3.05, 3.63) is 34.9 Å². The van der Waals surface area contributed by atoms with Gasteiger partial charge in [0.1, 0.15) is 17.1 Å². The first-order chi connectivity index (χ1) is 11.5. The highest BCUT2D eigenvalue weighted by molar-refractivity contribution is 14.1. The summed E-state index contributed by atoms with van der Waals surface area (Å²) in [5.74, 6) is 2.96. The zero-order valence-electron chi connectivity index (χ0n) is 15.3. The summed E-state index contributed by atoms with van der Waals surface area (Å²) in [6.07, 6.45) is 9.67. The van der Waals surface area contributed by atoms with E-state index in [1.165, 1.54) is 48.8 Å². The Bertz CT molecular complexity index is 633. The average molecular weight is 440 g/mol. The second kappa shape index (κ2) is 7.27. The summed E-state index contributed by atoms with van der Waals surface area (Å²) in [6, 6.07) is 4.50. The molecule has 1 aliphatic heterocycles. The summed E-state index contributed by atoms with van der Waals surface area (Å²) in [5.41, 5.74) is 3.96. The number of hydrogen-bond donors (Lipinski definition) is 0. The van der Waals surface area contributed by atoms with Crippen LogP contribution in [0.15, 0.2) is 23.8 Å². The van der Waals surface area contributed by atoms with E-state index >= 15 is 0 Å². The zero-order chi connectivity index (χ0) is 17.3. The Labute approximate surface area is 160 Å². The number of allylic oxidation sites excluding steroid dienone is 2. The molecule has 0 radical (unpaired) electrons. The molecular weight excluding hydrogens is 411 g/mol. The van der Waals surface area contributed by atoms with E-state index in [1.54, 1.807) is 0 Å². The van der Waals surface area contributed by atoms with E-state index in [-0.39, 0.29) is 5.60 Å². The summed E-state index contributed by atoms with van der Waals surface area (Å²) >= 11 is 2.02. The molecule has 2 aliphatic rings. The van der Waals surface area contributed by atoms with E-state index < -0.39 is 0 Å². The van der Waals surface area contributed by atoms with Crippen LogP contribution in [-0.2, 0) is 6.42 Å². The summed E-state index contributed by atoms with van der Waals surface area (Å²) in [6.45, 7) is 8.99. The maximum atomic E-state index is 6.50. The Morgan fingerprint density at radius 3 is 2.79 bits per heavy atom. The van der Waals surface area contributed by atoms with E-state index in [1.807, 2.05) is 23.0 Å².